The third-order valence-corrected chi connectivity index (χ3v) is 4.41. The predicted molar refractivity (Wildman–Crippen MR) is 67.8 cm³/mol. The zero-order valence-electron chi connectivity index (χ0n) is 10.4. The zero-order chi connectivity index (χ0) is 13.8. The van der Waals surface area contributed by atoms with Gasteiger partial charge in [0.15, 0.2) is 0 Å². The summed E-state index contributed by atoms with van der Waals surface area (Å²) >= 11 is 0. The Morgan fingerprint density at radius 3 is 2.50 bits per heavy atom. The summed E-state index contributed by atoms with van der Waals surface area (Å²) in [6.07, 6.45) is 3.34. The van der Waals surface area contributed by atoms with Crippen molar-refractivity contribution in [2.75, 3.05) is 6.54 Å². The standard InChI is InChI=1S/C11H18N2O4S/c1-3-11(15,4-2)8-13-18(16,17)10-7-12-6-5-9(10)14/h5-7,13,15H,3-4,8H2,1-2H3,(H,12,14). The Hall–Kier alpha value is -1.18. The van der Waals surface area contributed by atoms with Gasteiger partial charge in [0.05, 0.1) is 5.60 Å². The van der Waals surface area contributed by atoms with Gasteiger partial charge >= 0.3 is 0 Å². The van der Waals surface area contributed by atoms with Gasteiger partial charge in [-0.15, -0.1) is 0 Å². The fourth-order valence-corrected chi connectivity index (χ4v) is 2.59. The molecule has 0 aliphatic heterocycles. The minimum absolute atomic E-state index is 0.114. The lowest BCUT2D eigenvalue weighted by atomic mass is 9.98. The van der Waals surface area contributed by atoms with Gasteiger partial charge in [-0.3, -0.25) is 4.79 Å². The summed E-state index contributed by atoms with van der Waals surface area (Å²) in [6.45, 7) is 3.43. The number of hydrogen-bond donors (Lipinski definition) is 3. The minimum Gasteiger partial charge on any atom is -0.389 e. The molecule has 3 N–H and O–H groups in total. The fourth-order valence-electron chi connectivity index (χ4n) is 1.42. The topological polar surface area (TPSA) is 99.3 Å². The molecule has 1 heterocycles. The number of hydrogen-bond acceptors (Lipinski definition) is 4. The van der Waals surface area contributed by atoms with E-state index in [9.17, 15) is 18.3 Å². The van der Waals surface area contributed by atoms with Crippen molar-refractivity contribution in [2.24, 2.45) is 0 Å². The number of aliphatic hydroxyl groups is 1. The van der Waals surface area contributed by atoms with E-state index in [0.717, 1.165) is 12.3 Å². The van der Waals surface area contributed by atoms with Crippen LogP contribution in [0.5, 0.6) is 0 Å². The quantitative estimate of drug-likeness (QED) is 0.690. The van der Waals surface area contributed by atoms with E-state index in [1.807, 2.05) is 0 Å². The molecule has 0 unspecified atom stereocenters. The molecule has 1 aromatic heterocycles. The third kappa shape index (κ3) is 3.41. The van der Waals surface area contributed by atoms with E-state index in [-0.39, 0.29) is 11.4 Å². The Morgan fingerprint density at radius 1 is 1.39 bits per heavy atom. The molecular formula is C11H18N2O4S. The van der Waals surface area contributed by atoms with Gasteiger partial charge in [0.25, 0.3) is 0 Å². The maximum Gasteiger partial charge on any atom is 0.246 e. The Balaban J connectivity index is 2.91. The number of aromatic amines is 1. The number of nitrogens with one attached hydrogen (secondary N) is 2. The second-order valence-electron chi connectivity index (χ2n) is 4.13. The van der Waals surface area contributed by atoms with Crippen molar-refractivity contribution in [3.05, 3.63) is 28.7 Å². The Morgan fingerprint density at radius 2 is 2.00 bits per heavy atom. The van der Waals surface area contributed by atoms with Gasteiger partial charge in [0.1, 0.15) is 4.90 Å². The molecule has 6 nitrogen and oxygen atoms in total. The molecule has 18 heavy (non-hydrogen) atoms. The SMILES string of the molecule is CCC(O)(CC)CNS(=O)(=O)c1c[nH]ccc1=O. The van der Waals surface area contributed by atoms with Gasteiger partial charge in [-0.25, -0.2) is 13.1 Å². The second-order valence-corrected chi connectivity index (χ2v) is 5.86. The van der Waals surface area contributed by atoms with E-state index in [1.165, 1.54) is 6.20 Å². The highest BCUT2D eigenvalue weighted by molar-refractivity contribution is 7.89. The highest BCUT2D eigenvalue weighted by atomic mass is 32.2. The second kappa shape index (κ2) is 5.64. The van der Waals surface area contributed by atoms with E-state index in [4.69, 9.17) is 0 Å². The van der Waals surface area contributed by atoms with E-state index in [2.05, 4.69) is 9.71 Å². The van der Waals surface area contributed by atoms with Crippen molar-refractivity contribution in [3.63, 3.8) is 0 Å². The molecule has 0 radical (unpaired) electrons. The first-order chi connectivity index (χ1) is 8.34. The molecule has 0 atom stereocenters. The van der Waals surface area contributed by atoms with Gasteiger partial charge in [-0.2, -0.15) is 0 Å². The van der Waals surface area contributed by atoms with Crippen LogP contribution in [0.4, 0.5) is 0 Å². The van der Waals surface area contributed by atoms with Gasteiger partial charge in [-0.05, 0) is 12.8 Å². The van der Waals surface area contributed by atoms with Crippen molar-refractivity contribution in [1.29, 1.82) is 0 Å². The molecule has 0 bridgehead atoms. The number of rotatable bonds is 6. The van der Waals surface area contributed by atoms with Crippen LogP contribution in [-0.2, 0) is 10.0 Å². The van der Waals surface area contributed by atoms with Gasteiger partial charge in [0.2, 0.25) is 15.5 Å². The number of aromatic nitrogens is 1. The smallest absolute Gasteiger partial charge is 0.246 e. The third-order valence-electron chi connectivity index (χ3n) is 2.99. The summed E-state index contributed by atoms with van der Waals surface area (Å²) in [6, 6.07) is 1.14. The van der Waals surface area contributed by atoms with Crippen molar-refractivity contribution in [2.45, 2.75) is 37.2 Å². The number of pyridine rings is 1. The van der Waals surface area contributed by atoms with Crippen LogP contribution in [0.2, 0.25) is 0 Å². The first-order valence-corrected chi connectivity index (χ1v) is 7.22. The van der Waals surface area contributed by atoms with Gasteiger partial charge < -0.3 is 10.1 Å². The van der Waals surface area contributed by atoms with Crippen molar-refractivity contribution < 1.29 is 13.5 Å². The molecule has 0 spiro atoms. The van der Waals surface area contributed by atoms with E-state index >= 15 is 0 Å². The molecule has 0 fully saturated rings. The molecule has 1 aromatic rings. The fraction of sp³-hybridized carbons (Fsp3) is 0.545. The largest absolute Gasteiger partial charge is 0.389 e. The van der Waals surface area contributed by atoms with Crippen LogP contribution in [0.25, 0.3) is 0 Å². The molecule has 0 saturated heterocycles. The molecule has 0 saturated carbocycles. The molecule has 1 rings (SSSR count). The van der Waals surface area contributed by atoms with Crippen LogP contribution >= 0.6 is 0 Å². The van der Waals surface area contributed by atoms with Crippen LogP contribution in [0, 0.1) is 0 Å². The average molecular weight is 274 g/mol. The van der Waals surface area contributed by atoms with Crippen LogP contribution in [0.3, 0.4) is 0 Å². The molecule has 0 amide bonds. The zero-order valence-corrected chi connectivity index (χ0v) is 11.3. The van der Waals surface area contributed by atoms with Crippen LogP contribution in [0.15, 0.2) is 28.2 Å². The summed E-state index contributed by atoms with van der Waals surface area (Å²) in [5.41, 5.74) is -1.67. The normalized spacial score (nSPS) is 12.6. The van der Waals surface area contributed by atoms with E-state index in [1.54, 1.807) is 13.8 Å². The average Bonchev–Trinajstić information content (AvgIpc) is 2.36. The number of sulfonamides is 1. The lowest BCUT2D eigenvalue weighted by Crippen LogP contribution is -2.42. The maximum absolute atomic E-state index is 11.9. The van der Waals surface area contributed by atoms with Crippen LogP contribution in [0.1, 0.15) is 26.7 Å². The summed E-state index contributed by atoms with van der Waals surface area (Å²) in [5, 5.41) is 10.00. The van der Waals surface area contributed by atoms with Crippen molar-refractivity contribution in [3.8, 4) is 0 Å². The maximum atomic E-state index is 11.9. The van der Waals surface area contributed by atoms with E-state index in [0.29, 0.717) is 12.8 Å². The van der Waals surface area contributed by atoms with E-state index < -0.39 is 21.1 Å². The first-order valence-electron chi connectivity index (χ1n) is 5.74. The van der Waals surface area contributed by atoms with Crippen LogP contribution < -0.4 is 10.2 Å². The predicted octanol–water partition coefficient (Wildman–Crippen LogP) is 0.204. The van der Waals surface area contributed by atoms with Crippen molar-refractivity contribution >= 4 is 10.0 Å². The van der Waals surface area contributed by atoms with Gasteiger partial charge in [0, 0.05) is 25.0 Å². The summed E-state index contributed by atoms with van der Waals surface area (Å²) in [4.78, 5) is 13.6. The Kier molecular flexibility index (Phi) is 4.66. The molecule has 102 valence electrons. The highest BCUT2D eigenvalue weighted by Crippen LogP contribution is 2.14. The Bertz CT molecular complexity index is 546. The number of H-pyrrole nitrogens is 1. The molecule has 0 aromatic carbocycles. The van der Waals surface area contributed by atoms with Crippen LogP contribution in [-0.4, -0.2) is 30.7 Å². The Labute approximate surface area is 106 Å². The summed E-state index contributed by atoms with van der Waals surface area (Å²) in [5.74, 6) is 0. The minimum atomic E-state index is -3.90. The monoisotopic (exact) mass is 274 g/mol. The summed E-state index contributed by atoms with van der Waals surface area (Å²) < 4.78 is 26.0. The molecule has 0 aliphatic carbocycles. The highest BCUT2D eigenvalue weighted by Gasteiger charge is 2.26. The first kappa shape index (κ1) is 14.9. The molecular weight excluding hydrogens is 256 g/mol. The summed E-state index contributed by atoms with van der Waals surface area (Å²) in [7, 11) is -3.90. The molecule has 7 heteroatoms. The lowest BCUT2D eigenvalue weighted by molar-refractivity contribution is 0.0377. The van der Waals surface area contributed by atoms with Gasteiger partial charge in [-0.1, -0.05) is 13.8 Å². The van der Waals surface area contributed by atoms with Crippen molar-refractivity contribution in [1.82, 2.24) is 9.71 Å². The molecule has 0 aliphatic rings. The lowest BCUT2D eigenvalue weighted by Gasteiger charge is -2.25.